The van der Waals surface area contributed by atoms with Crippen molar-refractivity contribution in [1.82, 2.24) is 10.6 Å². The highest BCUT2D eigenvalue weighted by Crippen LogP contribution is 1.79. The molecule has 1 unspecified atom stereocenters. The Morgan fingerprint density at radius 3 is 2.64 bits per heavy atom. The number of carbonyl (C=O) groups excluding carboxylic acids is 1. The summed E-state index contributed by atoms with van der Waals surface area (Å²) >= 11 is 0. The normalized spacial score (nSPS) is 12.1. The standard InChI is InChI=1S/C8H16N2O4/c1-6(9-2)8(13)10-3-4-14-5-7(11)12/h6,9H,3-5H2,1-2H3,(H,10,13)(H,11,12). The topological polar surface area (TPSA) is 87.7 Å². The van der Waals surface area contributed by atoms with Crippen LogP contribution in [-0.2, 0) is 14.3 Å². The van der Waals surface area contributed by atoms with Crippen LogP contribution in [-0.4, -0.2) is 49.8 Å². The summed E-state index contributed by atoms with van der Waals surface area (Å²) in [7, 11) is 1.69. The summed E-state index contributed by atoms with van der Waals surface area (Å²) in [5.41, 5.74) is 0. The van der Waals surface area contributed by atoms with Crippen LogP contribution in [0.25, 0.3) is 0 Å². The van der Waals surface area contributed by atoms with E-state index in [2.05, 4.69) is 10.6 Å². The molecule has 0 aromatic carbocycles. The van der Waals surface area contributed by atoms with Gasteiger partial charge in [-0.2, -0.15) is 0 Å². The van der Waals surface area contributed by atoms with Crippen molar-refractivity contribution in [3.63, 3.8) is 0 Å². The van der Waals surface area contributed by atoms with E-state index in [0.717, 1.165) is 0 Å². The zero-order valence-electron chi connectivity index (χ0n) is 8.37. The molecule has 0 aliphatic heterocycles. The average molecular weight is 204 g/mol. The number of carbonyl (C=O) groups is 2. The quantitative estimate of drug-likeness (QED) is 0.454. The molecule has 0 saturated heterocycles. The molecule has 0 bridgehead atoms. The van der Waals surface area contributed by atoms with Crippen LogP contribution in [0.15, 0.2) is 0 Å². The van der Waals surface area contributed by atoms with Gasteiger partial charge in [-0.15, -0.1) is 0 Å². The van der Waals surface area contributed by atoms with Crippen LogP contribution in [0.5, 0.6) is 0 Å². The van der Waals surface area contributed by atoms with E-state index >= 15 is 0 Å². The third-order valence-electron chi connectivity index (χ3n) is 1.60. The van der Waals surface area contributed by atoms with Crippen LogP contribution in [0.1, 0.15) is 6.92 Å². The molecule has 1 amide bonds. The Morgan fingerprint density at radius 2 is 2.14 bits per heavy atom. The van der Waals surface area contributed by atoms with E-state index in [0.29, 0.717) is 6.54 Å². The second-order valence-corrected chi connectivity index (χ2v) is 2.75. The number of aliphatic carboxylic acids is 1. The molecule has 0 spiro atoms. The maximum absolute atomic E-state index is 11.1. The molecule has 0 aliphatic rings. The van der Waals surface area contributed by atoms with Crippen LogP contribution in [0.2, 0.25) is 0 Å². The fourth-order valence-corrected chi connectivity index (χ4v) is 0.690. The lowest BCUT2D eigenvalue weighted by Crippen LogP contribution is -2.41. The smallest absolute Gasteiger partial charge is 0.329 e. The number of hydrogen-bond acceptors (Lipinski definition) is 4. The molecule has 0 heterocycles. The highest BCUT2D eigenvalue weighted by molar-refractivity contribution is 5.81. The zero-order valence-corrected chi connectivity index (χ0v) is 8.37. The van der Waals surface area contributed by atoms with E-state index in [1.807, 2.05) is 0 Å². The first-order chi connectivity index (χ1) is 6.57. The lowest BCUT2D eigenvalue weighted by Gasteiger charge is -2.10. The molecule has 0 aliphatic carbocycles. The van der Waals surface area contributed by atoms with Gasteiger partial charge < -0.3 is 20.5 Å². The predicted octanol–water partition coefficient (Wildman–Crippen LogP) is -1.19. The summed E-state index contributed by atoms with van der Waals surface area (Å²) in [6, 6.07) is -0.255. The van der Waals surface area contributed by atoms with Gasteiger partial charge in [-0.25, -0.2) is 4.79 Å². The fraction of sp³-hybridized carbons (Fsp3) is 0.750. The fourth-order valence-electron chi connectivity index (χ4n) is 0.690. The lowest BCUT2D eigenvalue weighted by molar-refractivity contribution is -0.142. The average Bonchev–Trinajstić information content (AvgIpc) is 2.15. The van der Waals surface area contributed by atoms with Crippen molar-refractivity contribution >= 4 is 11.9 Å². The Labute approximate surface area is 82.6 Å². The summed E-state index contributed by atoms with van der Waals surface area (Å²) < 4.78 is 4.72. The largest absolute Gasteiger partial charge is 0.480 e. The minimum absolute atomic E-state index is 0.133. The van der Waals surface area contributed by atoms with Gasteiger partial charge in [0.2, 0.25) is 5.91 Å². The van der Waals surface area contributed by atoms with Crippen LogP contribution in [0.3, 0.4) is 0 Å². The highest BCUT2D eigenvalue weighted by Gasteiger charge is 2.08. The zero-order chi connectivity index (χ0) is 11.0. The van der Waals surface area contributed by atoms with Gasteiger partial charge in [0.05, 0.1) is 12.6 Å². The summed E-state index contributed by atoms with van der Waals surface area (Å²) in [6.07, 6.45) is 0. The van der Waals surface area contributed by atoms with E-state index in [9.17, 15) is 9.59 Å². The van der Waals surface area contributed by atoms with Crippen molar-refractivity contribution in [2.24, 2.45) is 0 Å². The third kappa shape index (κ3) is 6.38. The number of hydrogen-bond donors (Lipinski definition) is 3. The molecule has 6 nitrogen and oxygen atoms in total. The summed E-state index contributed by atoms with van der Waals surface area (Å²) in [4.78, 5) is 21.2. The highest BCUT2D eigenvalue weighted by atomic mass is 16.5. The number of rotatable bonds is 7. The molecule has 14 heavy (non-hydrogen) atoms. The van der Waals surface area contributed by atoms with Crippen molar-refractivity contribution < 1.29 is 19.4 Å². The predicted molar refractivity (Wildman–Crippen MR) is 50.0 cm³/mol. The first-order valence-corrected chi connectivity index (χ1v) is 4.32. The molecule has 0 aromatic rings. The van der Waals surface area contributed by atoms with Crippen molar-refractivity contribution in [2.45, 2.75) is 13.0 Å². The van der Waals surface area contributed by atoms with Gasteiger partial charge in [0.15, 0.2) is 0 Å². The SMILES string of the molecule is CNC(C)C(=O)NCCOCC(=O)O. The first-order valence-electron chi connectivity index (χ1n) is 4.32. The second-order valence-electron chi connectivity index (χ2n) is 2.75. The third-order valence-corrected chi connectivity index (χ3v) is 1.60. The monoisotopic (exact) mass is 204 g/mol. The van der Waals surface area contributed by atoms with Crippen molar-refractivity contribution in [2.75, 3.05) is 26.8 Å². The van der Waals surface area contributed by atoms with Crippen molar-refractivity contribution in [3.8, 4) is 0 Å². The summed E-state index contributed by atoms with van der Waals surface area (Å²) in [6.45, 7) is 1.91. The molecule has 0 aromatic heterocycles. The Balaban J connectivity index is 3.36. The Hall–Kier alpha value is -1.14. The molecule has 0 saturated carbocycles. The number of amides is 1. The maximum atomic E-state index is 11.1. The van der Waals surface area contributed by atoms with Crippen LogP contribution in [0.4, 0.5) is 0 Å². The molecule has 0 fully saturated rings. The van der Waals surface area contributed by atoms with Gasteiger partial charge in [-0.05, 0) is 14.0 Å². The number of likely N-dealkylation sites (N-methyl/N-ethyl adjacent to an activating group) is 1. The number of nitrogens with one attached hydrogen (secondary N) is 2. The Morgan fingerprint density at radius 1 is 1.50 bits per heavy atom. The van der Waals surface area contributed by atoms with Crippen LogP contribution in [0, 0.1) is 0 Å². The van der Waals surface area contributed by atoms with Crippen molar-refractivity contribution in [3.05, 3.63) is 0 Å². The van der Waals surface area contributed by atoms with Gasteiger partial charge in [-0.1, -0.05) is 0 Å². The van der Waals surface area contributed by atoms with Gasteiger partial charge in [0.1, 0.15) is 6.61 Å². The van der Waals surface area contributed by atoms with E-state index in [-0.39, 0.29) is 25.2 Å². The lowest BCUT2D eigenvalue weighted by atomic mass is 10.3. The van der Waals surface area contributed by atoms with E-state index in [1.54, 1.807) is 14.0 Å². The summed E-state index contributed by atoms with van der Waals surface area (Å²) in [5.74, 6) is -1.15. The minimum Gasteiger partial charge on any atom is -0.480 e. The number of carboxylic acid groups (broad SMARTS) is 1. The molecule has 6 heteroatoms. The molecule has 82 valence electrons. The van der Waals surface area contributed by atoms with Gasteiger partial charge in [0, 0.05) is 6.54 Å². The van der Waals surface area contributed by atoms with Crippen LogP contribution >= 0.6 is 0 Å². The second kappa shape index (κ2) is 7.28. The van der Waals surface area contributed by atoms with E-state index < -0.39 is 5.97 Å². The van der Waals surface area contributed by atoms with Crippen LogP contribution < -0.4 is 10.6 Å². The number of carboxylic acids is 1. The van der Waals surface area contributed by atoms with Gasteiger partial charge >= 0.3 is 5.97 Å². The Kier molecular flexibility index (Phi) is 6.69. The molecule has 0 radical (unpaired) electrons. The molecule has 3 N–H and O–H groups in total. The minimum atomic E-state index is -1.01. The molecular weight excluding hydrogens is 188 g/mol. The first kappa shape index (κ1) is 12.9. The molecular formula is C8H16N2O4. The van der Waals surface area contributed by atoms with E-state index in [1.165, 1.54) is 0 Å². The maximum Gasteiger partial charge on any atom is 0.329 e. The molecule has 0 rings (SSSR count). The van der Waals surface area contributed by atoms with E-state index in [4.69, 9.17) is 9.84 Å². The molecule has 1 atom stereocenters. The summed E-state index contributed by atoms with van der Waals surface area (Å²) in [5, 5.41) is 13.6. The van der Waals surface area contributed by atoms with Gasteiger partial charge in [0.25, 0.3) is 0 Å². The Bertz CT molecular complexity index is 196. The van der Waals surface area contributed by atoms with Gasteiger partial charge in [-0.3, -0.25) is 4.79 Å². The van der Waals surface area contributed by atoms with Crippen molar-refractivity contribution in [1.29, 1.82) is 0 Å². The number of ether oxygens (including phenoxy) is 1.